The van der Waals surface area contributed by atoms with E-state index in [0.717, 1.165) is 12.1 Å². The molecular formula is C12H9F3N4O2. The van der Waals surface area contributed by atoms with E-state index in [1.165, 1.54) is 23.3 Å². The Hall–Kier alpha value is -2.84. The first-order chi connectivity index (χ1) is 9.79. The van der Waals surface area contributed by atoms with Crippen LogP contribution in [0.2, 0.25) is 0 Å². The van der Waals surface area contributed by atoms with Gasteiger partial charge in [-0.15, -0.1) is 10.2 Å². The molecular weight excluding hydrogens is 289 g/mol. The molecule has 110 valence electrons. The van der Waals surface area contributed by atoms with Gasteiger partial charge < -0.3 is 10.8 Å². The summed E-state index contributed by atoms with van der Waals surface area (Å²) in [5.41, 5.74) is 3.93. The van der Waals surface area contributed by atoms with E-state index in [4.69, 9.17) is 10.8 Å². The SMILES string of the molecule is Nc1c(C=CC(=O)O)cc(-n2cnnc2)cc1C(F)(F)F. The number of carbonyl (C=O) groups is 1. The number of halogens is 3. The second-order valence-electron chi connectivity index (χ2n) is 4.03. The lowest BCUT2D eigenvalue weighted by Gasteiger charge is -2.14. The molecule has 3 N–H and O–H groups in total. The zero-order valence-corrected chi connectivity index (χ0v) is 10.4. The van der Waals surface area contributed by atoms with Gasteiger partial charge in [-0.05, 0) is 18.2 Å². The van der Waals surface area contributed by atoms with Crippen LogP contribution in [-0.4, -0.2) is 25.8 Å². The minimum atomic E-state index is -4.67. The Morgan fingerprint density at radius 1 is 1.29 bits per heavy atom. The third-order valence-corrected chi connectivity index (χ3v) is 2.62. The van der Waals surface area contributed by atoms with Crippen molar-refractivity contribution in [1.29, 1.82) is 0 Å². The van der Waals surface area contributed by atoms with E-state index in [1.54, 1.807) is 0 Å². The van der Waals surface area contributed by atoms with Gasteiger partial charge in [0.15, 0.2) is 0 Å². The van der Waals surface area contributed by atoms with Gasteiger partial charge in [-0.25, -0.2) is 4.79 Å². The van der Waals surface area contributed by atoms with Gasteiger partial charge in [0.05, 0.1) is 11.3 Å². The molecule has 0 saturated heterocycles. The molecule has 21 heavy (non-hydrogen) atoms. The first-order valence-corrected chi connectivity index (χ1v) is 5.56. The Morgan fingerprint density at radius 2 is 1.90 bits per heavy atom. The molecule has 0 spiro atoms. The Kier molecular flexibility index (Phi) is 3.66. The van der Waals surface area contributed by atoms with Gasteiger partial charge in [-0.1, -0.05) is 0 Å². The normalized spacial score (nSPS) is 12.0. The minimum Gasteiger partial charge on any atom is -0.478 e. The third-order valence-electron chi connectivity index (χ3n) is 2.62. The van der Waals surface area contributed by atoms with Crippen molar-refractivity contribution in [2.24, 2.45) is 0 Å². The van der Waals surface area contributed by atoms with Crippen molar-refractivity contribution in [2.45, 2.75) is 6.18 Å². The molecule has 0 fully saturated rings. The number of aliphatic carboxylic acids is 1. The predicted molar refractivity (Wildman–Crippen MR) is 67.4 cm³/mol. The molecule has 1 heterocycles. The summed E-state index contributed by atoms with van der Waals surface area (Å²) < 4.78 is 40.2. The summed E-state index contributed by atoms with van der Waals surface area (Å²) in [6.45, 7) is 0. The van der Waals surface area contributed by atoms with Gasteiger partial charge >= 0.3 is 12.1 Å². The number of anilines is 1. The van der Waals surface area contributed by atoms with E-state index in [0.29, 0.717) is 6.08 Å². The Balaban J connectivity index is 2.64. The molecule has 0 radical (unpaired) electrons. The zero-order chi connectivity index (χ0) is 15.6. The van der Waals surface area contributed by atoms with Gasteiger partial charge in [0.25, 0.3) is 0 Å². The lowest BCUT2D eigenvalue weighted by atomic mass is 10.0. The lowest BCUT2D eigenvalue weighted by molar-refractivity contribution is -0.137. The van der Waals surface area contributed by atoms with Crippen LogP contribution < -0.4 is 5.73 Å². The Bertz CT molecular complexity index is 693. The van der Waals surface area contributed by atoms with E-state index in [-0.39, 0.29) is 11.3 Å². The lowest BCUT2D eigenvalue weighted by Crippen LogP contribution is -2.11. The largest absolute Gasteiger partial charge is 0.478 e. The number of hydrogen-bond donors (Lipinski definition) is 2. The Labute approximate surface area is 116 Å². The van der Waals surface area contributed by atoms with Crippen molar-refractivity contribution in [2.75, 3.05) is 5.73 Å². The fourth-order valence-electron chi connectivity index (χ4n) is 1.68. The van der Waals surface area contributed by atoms with Crippen molar-refractivity contribution in [1.82, 2.24) is 14.8 Å². The monoisotopic (exact) mass is 298 g/mol. The summed E-state index contributed by atoms with van der Waals surface area (Å²) in [6, 6.07) is 2.16. The summed E-state index contributed by atoms with van der Waals surface area (Å²) in [7, 11) is 0. The first kappa shape index (κ1) is 14.6. The van der Waals surface area contributed by atoms with Crippen LogP contribution in [0.15, 0.2) is 30.9 Å². The fraction of sp³-hybridized carbons (Fsp3) is 0.0833. The molecule has 0 aliphatic rings. The highest BCUT2D eigenvalue weighted by Crippen LogP contribution is 2.37. The van der Waals surface area contributed by atoms with Crippen molar-refractivity contribution in [3.05, 3.63) is 42.0 Å². The van der Waals surface area contributed by atoms with Crippen LogP contribution in [0.4, 0.5) is 18.9 Å². The number of aromatic nitrogens is 3. The van der Waals surface area contributed by atoms with Gasteiger partial charge in [0, 0.05) is 17.3 Å². The average molecular weight is 298 g/mol. The van der Waals surface area contributed by atoms with E-state index in [2.05, 4.69) is 10.2 Å². The molecule has 9 heteroatoms. The average Bonchev–Trinajstić information content (AvgIpc) is 2.89. The van der Waals surface area contributed by atoms with E-state index < -0.39 is 23.4 Å². The van der Waals surface area contributed by atoms with Crippen LogP contribution in [-0.2, 0) is 11.0 Å². The second kappa shape index (κ2) is 5.27. The number of benzene rings is 1. The maximum Gasteiger partial charge on any atom is 0.418 e. The molecule has 2 rings (SSSR count). The summed E-state index contributed by atoms with van der Waals surface area (Å²) in [5, 5.41) is 15.6. The molecule has 6 nitrogen and oxygen atoms in total. The number of rotatable bonds is 3. The molecule has 0 bridgehead atoms. The van der Waals surface area contributed by atoms with Crippen molar-refractivity contribution in [3.63, 3.8) is 0 Å². The topological polar surface area (TPSA) is 94.0 Å². The maximum atomic E-state index is 13.0. The number of alkyl halides is 3. The maximum absolute atomic E-state index is 13.0. The smallest absolute Gasteiger partial charge is 0.418 e. The molecule has 0 aliphatic carbocycles. The molecule has 2 aromatic rings. The molecule has 0 saturated carbocycles. The van der Waals surface area contributed by atoms with Crippen LogP contribution >= 0.6 is 0 Å². The van der Waals surface area contributed by atoms with Crippen LogP contribution in [0.1, 0.15) is 11.1 Å². The van der Waals surface area contributed by atoms with Crippen LogP contribution in [0.5, 0.6) is 0 Å². The summed E-state index contributed by atoms with van der Waals surface area (Å²) in [6.07, 6.45) is -0.519. The number of carboxylic acid groups (broad SMARTS) is 1. The second-order valence-corrected chi connectivity index (χ2v) is 4.03. The molecule has 0 unspecified atom stereocenters. The zero-order valence-electron chi connectivity index (χ0n) is 10.4. The van der Waals surface area contributed by atoms with Gasteiger partial charge in [0.1, 0.15) is 12.7 Å². The fourth-order valence-corrected chi connectivity index (χ4v) is 1.68. The summed E-state index contributed by atoms with van der Waals surface area (Å²) in [4.78, 5) is 10.5. The van der Waals surface area contributed by atoms with Gasteiger partial charge in [-0.3, -0.25) is 4.57 Å². The van der Waals surface area contributed by atoms with Crippen molar-refractivity contribution >= 4 is 17.7 Å². The highest BCUT2D eigenvalue weighted by molar-refractivity contribution is 5.87. The van der Waals surface area contributed by atoms with E-state index >= 15 is 0 Å². The summed E-state index contributed by atoms with van der Waals surface area (Å²) in [5.74, 6) is -1.29. The van der Waals surface area contributed by atoms with E-state index in [9.17, 15) is 18.0 Å². The number of nitrogens with zero attached hydrogens (tertiary/aromatic N) is 3. The van der Waals surface area contributed by atoms with Crippen molar-refractivity contribution < 1.29 is 23.1 Å². The van der Waals surface area contributed by atoms with Gasteiger partial charge in [-0.2, -0.15) is 13.2 Å². The van der Waals surface area contributed by atoms with Crippen molar-refractivity contribution in [3.8, 4) is 5.69 Å². The van der Waals surface area contributed by atoms with E-state index in [1.807, 2.05) is 0 Å². The molecule has 0 aliphatic heterocycles. The number of hydrogen-bond acceptors (Lipinski definition) is 4. The molecule has 1 aromatic heterocycles. The van der Waals surface area contributed by atoms with Crippen LogP contribution in [0, 0.1) is 0 Å². The minimum absolute atomic E-state index is 0.0593. The molecule has 0 atom stereocenters. The van der Waals surface area contributed by atoms with Gasteiger partial charge in [0.2, 0.25) is 0 Å². The number of carboxylic acids is 1. The predicted octanol–water partition coefficient (Wildman–Crippen LogP) is 1.97. The standard InChI is InChI=1S/C12H9F3N4O2/c13-12(14,15)9-4-8(19-5-17-18-6-19)3-7(11(9)16)1-2-10(20)21/h1-6H,16H2,(H,20,21). The first-order valence-electron chi connectivity index (χ1n) is 5.56. The Morgan fingerprint density at radius 3 is 2.43 bits per heavy atom. The third kappa shape index (κ3) is 3.19. The molecule has 1 aromatic carbocycles. The summed E-state index contributed by atoms with van der Waals surface area (Å²) >= 11 is 0. The van der Waals surface area contributed by atoms with Crippen LogP contribution in [0.25, 0.3) is 11.8 Å². The number of nitrogen functional groups attached to an aromatic ring is 1. The molecule has 0 amide bonds. The number of nitrogens with two attached hydrogens (primary N) is 1. The highest BCUT2D eigenvalue weighted by atomic mass is 19.4. The quantitative estimate of drug-likeness (QED) is 0.667. The highest BCUT2D eigenvalue weighted by Gasteiger charge is 2.34. The van der Waals surface area contributed by atoms with Crippen LogP contribution in [0.3, 0.4) is 0 Å².